The van der Waals surface area contributed by atoms with Crippen LogP contribution in [-0.2, 0) is 0 Å². The second kappa shape index (κ2) is 5.26. The largest absolute Gasteiger partial charge is 0.203 e. The van der Waals surface area contributed by atoms with Crippen LogP contribution in [0.15, 0.2) is 0 Å². The van der Waals surface area contributed by atoms with Gasteiger partial charge in [-0.25, -0.2) is 4.31 Å². The first kappa shape index (κ1) is 10.6. The Morgan fingerprint density at radius 2 is 1.64 bits per heavy atom. The van der Waals surface area contributed by atoms with Crippen LogP contribution in [0, 0.1) is 22.7 Å². The molecule has 0 aromatic rings. The van der Waals surface area contributed by atoms with Crippen molar-refractivity contribution < 1.29 is 0 Å². The Hall–Kier alpha value is -0.420. The van der Waals surface area contributed by atoms with E-state index < -0.39 is 0 Å². The predicted octanol–water partition coefficient (Wildman–Crippen LogP) is 1.91. The van der Waals surface area contributed by atoms with Gasteiger partial charge in [0, 0.05) is 11.2 Å². The first-order valence-electron chi connectivity index (χ1n) is 3.03. The lowest BCUT2D eigenvalue weighted by Crippen LogP contribution is -2.31. The molecule has 0 amide bonds. The first-order valence-corrected chi connectivity index (χ1v) is 4.63. The van der Waals surface area contributed by atoms with Crippen molar-refractivity contribution >= 4 is 21.8 Å². The number of halogens is 1. The van der Waals surface area contributed by atoms with E-state index in [0.29, 0.717) is 0 Å². The van der Waals surface area contributed by atoms with Gasteiger partial charge in [0.05, 0.1) is 12.1 Å². The van der Waals surface area contributed by atoms with Crippen molar-refractivity contribution in [2.75, 3.05) is 0 Å². The molecule has 0 saturated carbocycles. The molecule has 3 nitrogen and oxygen atoms in total. The summed E-state index contributed by atoms with van der Waals surface area (Å²) in [6.45, 7) is 3.40. The monoisotopic (exact) mass is 189 g/mol. The molecule has 0 fully saturated rings. The van der Waals surface area contributed by atoms with Crippen LogP contribution in [0.4, 0.5) is 0 Å². The quantitative estimate of drug-likeness (QED) is 0.637. The molecule has 2 atom stereocenters. The summed E-state index contributed by atoms with van der Waals surface area (Å²) in [7, 11) is 5.46. The molecule has 0 aliphatic rings. The van der Waals surface area contributed by atoms with Crippen molar-refractivity contribution in [3.63, 3.8) is 0 Å². The number of hydrogen-bond acceptors (Lipinski definition) is 4. The fourth-order valence-corrected chi connectivity index (χ4v) is 1.62. The summed E-state index contributed by atoms with van der Waals surface area (Å²) in [6, 6.07) is 3.32. The second-order valence-electron chi connectivity index (χ2n) is 2.04. The fraction of sp³-hybridized carbons (Fsp3) is 0.667. The number of nitriles is 2. The number of hydrogen-bond donors (Lipinski definition) is 0. The summed E-state index contributed by atoms with van der Waals surface area (Å²) in [5, 5.41) is 17.0. The predicted molar refractivity (Wildman–Crippen MR) is 45.4 cm³/mol. The van der Waals surface area contributed by atoms with Crippen molar-refractivity contribution in [1.82, 2.24) is 4.31 Å². The first-order chi connectivity index (χ1) is 5.17. The van der Waals surface area contributed by atoms with Crippen molar-refractivity contribution in [3.8, 4) is 12.1 Å². The highest BCUT2D eigenvalue weighted by molar-refractivity contribution is 8.19. The maximum atomic E-state index is 8.51. The lowest BCUT2D eigenvalue weighted by atomic mass is 10.3. The number of nitrogens with zero attached hydrogens (tertiary/aromatic N) is 3. The smallest absolute Gasteiger partial charge is 0.107 e. The Bertz CT molecular complexity index is 175. The third kappa shape index (κ3) is 2.98. The minimum atomic E-state index is -0.341. The van der Waals surface area contributed by atoms with Gasteiger partial charge >= 0.3 is 0 Å². The molecule has 2 unspecified atom stereocenters. The van der Waals surface area contributed by atoms with Gasteiger partial charge in [-0.05, 0) is 24.5 Å². The molecular formula is C6H8ClN3S. The van der Waals surface area contributed by atoms with Gasteiger partial charge in [0.2, 0.25) is 0 Å². The highest BCUT2D eigenvalue weighted by Crippen LogP contribution is 2.21. The summed E-state index contributed by atoms with van der Waals surface area (Å²) >= 11 is 0.896. The third-order valence-electron chi connectivity index (χ3n) is 1.22. The second-order valence-corrected chi connectivity index (χ2v) is 3.01. The minimum absolute atomic E-state index is 0.341. The van der Waals surface area contributed by atoms with Gasteiger partial charge in [-0.1, -0.05) is 0 Å². The molecule has 0 rings (SSSR count). The summed E-state index contributed by atoms with van der Waals surface area (Å²) in [5.41, 5.74) is 0. The molecule has 60 valence electrons. The van der Waals surface area contributed by atoms with Crippen LogP contribution in [0.5, 0.6) is 0 Å². The van der Waals surface area contributed by atoms with E-state index in [9.17, 15) is 0 Å². The summed E-state index contributed by atoms with van der Waals surface area (Å²) in [4.78, 5) is 0. The average molecular weight is 190 g/mol. The Morgan fingerprint density at radius 3 is 1.82 bits per heavy atom. The molecule has 5 heteroatoms. The summed E-state index contributed by atoms with van der Waals surface area (Å²) < 4.78 is 1.53. The normalized spacial score (nSPS) is 15.1. The molecule has 0 radical (unpaired) electrons. The van der Waals surface area contributed by atoms with Gasteiger partial charge in [-0.2, -0.15) is 10.5 Å². The van der Waals surface area contributed by atoms with Gasteiger partial charge in [0.25, 0.3) is 0 Å². The van der Waals surface area contributed by atoms with E-state index in [1.165, 1.54) is 4.31 Å². The standard InChI is InChI=1S/C6H8ClN3S/c1-5(3-8)10(11-7)6(2)4-9/h5-6H,1-2H3. The summed E-state index contributed by atoms with van der Waals surface area (Å²) in [5.74, 6) is 0. The van der Waals surface area contributed by atoms with Crippen molar-refractivity contribution in [2.45, 2.75) is 25.9 Å². The minimum Gasteiger partial charge on any atom is -0.203 e. The Kier molecular flexibility index (Phi) is 5.06. The van der Waals surface area contributed by atoms with E-state index in [1.54, 1.807) is 13.8 Å². The maximum absolute atomic E-state index is 8.51. The fourth-order valence-electron chi connectivity index (χ4n) is 0.569. The number of rotatable bonds is 3. The Labute approximate surface area is 75.2 Å². The van der Waals surface area contributed by atoms with Crippen LogP contribution in [0.1, 0.15) is 13.8 Å². The van der Waals surface area contributed by atoms with E-state index in [-0.39, 0.29) is 12.1 Å². The van der Waals surface area contributed by atoms with Crippen LogP contribution in [0.2, 0.25) is 0 Å². The van der Waals surface area contributed by atoms with E-state index in [2.05, 4.69) is 0 Å². The topological polar surface area (TPSA) is 50.8 Å². The lowest BCUT2D eigenvalue weighted by Gasteiger charge is -2.21. The van der Waals surface area contributed by atoms with E-state index in [1.807, 2.05) is 12.1 Å². The van der Waals surface area contributed by atoms with E-state index >= 15 is 0 Å². The molecule has 0 spiro atoms. The highest BCUT2D eigenvalue weighted by atomic mass is 35.7. The Balaban J connectivity index is 4.20. The molecule has 0 bridgehead atoms. The Morgan fingerprint density at radius 1 is 1.27 bits per heavy atom. The summed E-state index contributed by atoms with van der Waals surface area (Å²) in [6.07, 6.45) is 0. The molecule has 0 aliphatic heterocycles. The molecule has 0 aliphatic carbocycles. The van der Waals surface area contributed by atoms with Gasteiger partial charge < -0.3 is 0 Å². The molecule has 11 heavy (non-hydrogen) atoms. The van der Waals surface area contributed by atoms with Gasteiger partial charge in [-0.15, -0.1) is 0 Å². The van der Waals surface area contributed by atoms with Gasteiger partial charge in [-0.3, -0.25) is 0 Å². The van der Waals surface area contributed by atoms with Crippen LogP contribution in [0.3, 0.4) is 0 Å². The molecular weight excluding hydrogens is 182 g/mol. The van der Waals surface area contributed by atoms with Crippen LogP contribution in [0.25, 0.3) is 0 Å². The molecule has 0 N–H and O–H groups in total. The zero-order valence-electron chi connectivity index (χ0n) is 6.28. The van der Waals surface area contributed by atoms with Gasteiger partial charge in [0.1, 0.15) is 12.1 Å². The maximum Gasteiger partial charge on any atom is 0.107 e. The van der Waals surface area contributed by atoms with Crippen LogP contribution >= 0.6 is 21.8 Å². The SMILES string of the molecule is CC(C#N)N(SCl)C(C)C#N. The molecule has 0 aromatic heterocycles. The van der Waals surface area contributed by atoms with Crippen molar-refractivity contribution in [1.29, 1.82) is 10.5 Å². The molecule has 0 heterocycles. The molecule has 0 aromatic carbocycles. The lowest BCUT2D eigenvalue weighted by molar-refractivity contribution is 0.403. The van der Waals surface area contributed by atoms with E-state index in [0.717, 1.165) is 11.2 Å². The van der Waals surface area contributed by atoms with Crippen LogP contribution in [-0.4, -0.2) is 16.4 Å². The van der Waals surface area contributed by atoms with E-state index in [4.69, 9.17) is 21.2 Å². The van der Waals surface area contributed by atoms with Crippen molar-refractivity contribution in [2.24, 2.45) is 0 Å². The average Bonchev–Trinajstić information content (AvgIpc) is 2.05. The van der Waals surface area contributed by atoms with Crippen LogP contribution < -0.4 is 0 Å². The highest BCUT2D eigenvalue weighted by Gasteiger charge is 2.19. The van der Waals surface area contributed by atoms with Crippen molar-refractivity contribution in [3.05, 3.63) is 0 Å². The van der Waals surface area contributed by atoms with Gasteiger partial charge in [0.15, 0.2) is 0 Å². The molecule has 0 saturated heterocycles. The third-order valence-corrected chi connectivity index (χ3v) is 2.49. The zero-order valence-corrected chi connectivity index (χ0v) is 7.85. The zero-order chi connectivity index (χ0) is 8.85.